The van der Waals surface area contributed by atoms with E-state index >= 15 is 0 Å². The maximum absolute atomic E-state index is 10.7. The molecule has 1 atom stereocenters. The largest absolute Gasteiger partial charge is 0.478 e. The first-order valence-corrected chi connectivity index (χ1v) is 5.63. The molecular formula is C13H19NO3. The standard InChI is InChI=1S/C13H19NO3/c1-9(2)12(8-17-3)14-11-6-4-10(5-7-11)13(15)16/h4-7,9,12,14H,8H2,1-3H3,(H,15,16). The van der Waals surface area contributed by atoms with Gasteiger partial charge in [-0.1, -0.05) is 13.8 Å². The number of hydrogen-bond acceptors (Lipinski definition) is 3. The fourth-order valence-corrected chi connectivity index (χ4v) is 1.50. The molecule has 4 nitrogen and oxygen atoms in total. The summed E-state index contributed by atoms with van der Waals surface area (Å²) >= 11 is 0. The lowest BCUT2D eigenvalue weighted by Crippen LogP contribution is -2.30. The monoisotopic (exact) mass is 237 g/mol. The van der Waals surface area contributed by atoms with Gasteiger partial charge in [-0.25, -0.2) is 4.79 Å². The Labute approximate surface area is 102 Å². The minimum atomic E-state index is -0.908. The zero-order valence-corrected chi connectivity index (χ0v) is 10.4. The minimum Gasteiger partial charge on any atom is -0.478 e. The van der Waals surface area contributed by atoms with Crippen molar-refractivity contribution in [1.82, 2.24) is 0 Å². The van der Waals surface area contributed by atoms with E-state index < -0.39 is 5.97 Å². The van der Waals surface area contributed by atoms with Gasteiger partial charge >= 0.3 is 5.97 Å². The molecule has 1 rings (SSSR count). The van der Waals surface area contributed by atoms with E-state index in [-0.39, 0.29) is 6.04 Å². The Kier molecular flexibility index (Phi) is 4.97. The van der Waals surface area contributed by atoms with Crippen molar-refractivity contribution < 1.29 is 14.6 Å². The lowest BCUT2D eigenvalue weighted by Gasteiger charge is -2.22. The van der Waals surface area contributed by atoms with Crippen LogP contribution in [0.2, 0.25) is 0 Å². The van der Waals surface area contributed by atoms with Crippen LogP contribution in [-0.4, -0.2) is 30.8 Å². The smallest absolute Gasteiger partial charge is 0.335 e. The van der Waals surface area contributed by atoms with Crippen LogP contribution in [0.15, 0.2) is 24.3 Å². The lowest BCUT2D eigenvalue weighted by molar-refractivity contribution is 0.0697. The molecule has 0 aromatic heterocycles. The molecule has 0 heterocycles. The van der Waals surface area contributed by atoms with Crippen LogP contribution in [0.5, 0.6) is 0 Å². The van der Waals surface area contributed by atoms with Gasteiger partial charge in [-0.05, 0) is 30.2 Å². The summed E-state index contributed by atoms with van der Waals surface area (Å²) in [5.74, 6) is -0.469. The van der Waals surface area contributed by atoms with Crippen molar-refractivity contribution in [2.75, 3.05) is 19.0 Å². The fraction of sp³-hybridized carbons (Fsp3) is 0.462. The molecule has 0 aliphatic carbocycles. The maximum Gasteiger partial charge on any atom is 0.335 e. The highest BCUT2D eigenvalue weighted by molar-refractivity contribution is 5.87. The molecule has 2 N–H and O–H groups in total. The van der Waals surface area contributed by atoms with Crippen molar-refractivity contribution in [1.29, 1.82) is 0 Å². The van der Waals surface area contributed by atoms with Crippen molar-refractivity contribution in [3.63, 3.8) is 0 Å². The molecule has 0 aliphatic rings. The zero-order chi connectivity index (χ0) is 12.8. The SMILES string of the molecule is COCC(Nc1ccc(C(=O)O)cc1)C(C)C. The Hall–Kier alpha value is -1.55. The Morgan fingerprint density at radius 1 is 1.35 bits per heavy atom. The fourth-order valence-electron chi connectivity index (χ4n) is 1.50. The van der Waals surface area contributed by atoms with Crippen LogP contribution < -0.4 is 5.32 Å². The molecule has 0 saturated heterocycles. The Morgan fingerprint density at radius 2 is 1.94 bits per heavy atom. The highest BCUT2D eigenvalue weighted by atomic mass is 16.5. The summed E-state index contributed by atoms with van der Waals surface area (Å²) in [6.45, 7) is 4.85. The van der Waals surface area contributed by atoms with Crippen molar-refractivity contribution >= 4 is 11.7 Å². The van der Waals surface area contributed by atoms with E-state index in [1.165, 1.54) is 0 Å². The summed E-state index contributed by atoms with van der Waals surface area (Å²) in [5.41, 5.74) is 1.20. The summed E-state index contributed by atoms with van der Waals surface area (Å²) in [6, 6.07) is 6.95. The number of carboxylic acid groups (broad SMARTS) is 1. The molecule has 0 fully saturated rings. The van der Waals surface area contributed by atoms with E-state index in [2.05, 4.69) is 19.2 Å². The van der Waals surface area contributed by atoms with Gasteiger partial charge in [0.25, 0.3) is 0 Å². The molecule has 1 aromatic rings. The third-order valence-electron chi connectivity index (χ3n) is 2.63. The number of carbonyl (C=O) groups is 1. The summed E-state index contributed by atoms with van der Waals surface area (Å²) in [7, 11) is 1.67. The van der Waals surface area contributed by atoms with Gasteiger partial charge in [0, 0.05) is 12.8 Å². The number of ether oxygens (including phenoxy) is 1. The Bertz CT molecular complexity index is 359. The first kappa shape index (κ1) is 13.5. The quantitative estimate of drug-likeness (QED) is 0.798. The van der Waals surface area contributed by atoms with E-state index in [0.717, 1.165) is 5.69 Å². The molecule has 4 heteroatoms. The van der Waals surface area contributed by atoms with Crippen molar-refractivity contribution in [2.24, 2.45) is 5.92 Å². The van der Waals surface area contributed by atoms with Gasteiger partial charge in [0.05, 0.1) is 18.2 Å². The first-order valence-electron chi connectivity index (χ1n) is 5.63. The van der Waals surface area contributed by atoms with Crippen LogP contribution in [0.4, 0.5) is 5.69 Å². The number of rotatable bonds is 6. The molecule has 0 aliphatic heterocycles. The summed E-state index contributed by atoms with van der Waals surface area (Å²) in [5, 5.41) is 12.1. The van der Waals surface area contributed by atoms with Gasteiger partial charge < -0.3 is 15.2 Å². The maximum atomic E-state index is 10.7. The number of carboxylic acids is 1. The molecule has 94 valence electrons. The topological polar surface area (TPSA) is 58.6 Å². The zero-order valence-electron chi connectivity index (χ0n) is 10.4. The second-order valence-corrected chi connectivity index (χ2v) is 4.33. The number of aromatic carboxylic acids is 1. The molecule has 0 bridgehead atoms. The number of anilines is 1. The normalized spacial score (nSPS) is 12.5. The third kappa shape index (κ3) is 4.07. The number of methoxy groups -OCH3 is 1. The van der Waals surface area contributed by atoms with Crippen LogP contribution in [0, 0.1) is 5.92 Å². The van der Waals surface area contributed by atoms with E-state index in [9.17, 15) is 4.79 Å². The highest BCUT2D eigenvalue weighted by Gasteiger charge is 2.12. The average molecular weight is 237 g/mol. The molecule has 0 amide bonds. The first-order chi connectivity index (χ1) is 8.04. The Balaban J connectivity index is 2.69. The summed E-state index contributed by atoms with van der Waals surface area (Å²) < 4.78 is 5.14. The second-order valence-electron chi connectivity index (χ2n) is 4.33. The highest BCUT2D eigenvalue weighted by Crippen LogP contribution is 2.14. The van der Waals surface area contributed by atoms with Crippen LogP contribution >= 0.6 is 0 Å². The van der Waals surface area contributed by atoms with Gasteiger partial charge in [-0.15, -0.1) is 0 Å². The van der Waals surface area contributed by atoms with E-state index in [0.29, 0.717) is 18.1 Å². The van der Waals surface area contributed by atoms with Crippen LogP contribution in [0.1, 0.15) is 24.2 Å². The molecular weight excluding hydrogens is 218 g/mol. The van der Waals surface area contributed by atoms with E-state index in [1.807, 2.05) is 0 Å². The van der Waals surface area contributed by atoms with Crippen molar-refractivity contribution in [2.45, 2.75) is 19.9 Å². The third-order valence-corrected chi connectivity index (χ3v) is 2.63. The number of benzene rings is 1. The van der Waals surface area contributed by atoms with Crippen molar-refractivity contribution in [3.8, 4) is 0 Å². The van der Waals surface area contributed by atoms with Gasteiger partial charge in [0.2, 0.25) is 0 Å². The van der Waals surface area contributed by atoms with E-state index in [4.69, 9.17) is 9.84 Å². The molecule has 1 unspecified atom stereocenters. The second kappa shape index (κ2) is 6.25. The molecule has 0 radical (unpaired) electrons. The van der Waals surface area contributed by atoms with Gasteiger partial charge in [0.15, 0.2) is 0 Å². The average Bonchev–Trinajstić information content (AvgIpc) is 2.29. The summed E-state index contributed by atoms with van der Waals surface area (Å²) in [6.07, 6.45) is 0. The number of nitrogens with one attached hydrogen (secondary N) is 1. The van der Waals surface area contributed by atoms with E-state index in [1.54, 1.807) is 31.4 Å². The molecule has 0 spiro atoms. The van der Waals surface area contributed by atoms with Gasteiger partial charge in [-0.2, -0.15) is 0 Å². The van der Waals surface area contributed by atoms with Crippen LogP contribution in [0.3, 0.4) is 0 Å². The minimum absolute atomic E-state index is 0.218. The van der Waals surface area contributed by atoms with Crippen LogP contribution in [0.25, 0.3) is 0 Å². The summed E-state index contributed by atoms with van der Waals surface area (Å²) in [4.78, 5) is 10.7. The molecule has 0 saturated carbocycles. The Morgan fingerprint density at radius 3 is 2.35 bits per heavy atom. The van der Waals surface area contributed by atoms with Gasteiger partial charge in [0.1, 0.15) is 0 Å². The lowest BCUT2D eigenvalue weighted by atomic mass is 10.0. The predicted octanol–water partition coefficient (Wildman–Crippen LogP) is 2.47. The predicted molar refractivity (Wildman–Crippen MR) is 67.5 cm³/mol. The number of hydrogen-bond donors (Lipinski definition) is 2. The van der Waals surface area contributed by atoms with Crippen LogP contribution in [-0.2, 0) is 4.74 Å². The molecule has 1 aromatic carbocycles. The molecule has 17 heavy (non-hydrogen) atoms. The van der Waals surface area contributed by atoms with Crippen molar-refractivity contribution in [3.05, 3.63) is 29.8 Å². The van der Waals surface area contributed by atoms with Gasteiger partial charge in [-0.3, -0.25) is 0 Å².